The van der Waals surface area contributed by atoms with E-state index >= 15 is 0 Å². The zero-order chi connectivity index (χ0) is 18.2. The summed E-state index contributed by atoms with van der Waals surface area (Å²) in [5, 5.41) is 19.9. The molecule has 25 heavy (non-hydrogen) atoms. The Bertz CT molecular complexity index is 772. The number of nitro benzene ring substituents is 1. The zero-order valence-electron chi connectivity index (χ0n) is 14.0. The largest absolute Gasteiger partial charge is 0.497 e. The molecule has 0 aliphatic rings. The van der Waals surface area contributed by atoms with Crippen LogP contribution in [0.3, 0.4) is 0 Å². The van der Waals surface area contributed by atoms with E-state index in [0.29, 0.717) is 17.1 Å². The van der Waals surface area contributed by atoms with Crippen LogP contribution < -0.4 is 14.2 Å². The SMILES string of the molecule is COc1cc(C=Cc2ccc(OC)c([N+](=O)[O-])c2)cc(OCCO)c1. The molecule has 7 nitrogen and oxygen atoms in total. The summed E-state index contributed by atoms with van der Waals surface area (Å²) >= 11 is 0. The van der Waals surface area contributed by atoms with Gasteiger partial charge < -0.3 is 19.3 Å². The zero-order valence-corrected chi connectivity index (χ0v) is 14.0. The molecule has 0 spiro atoms. The fourth-order valence-corrected chi connectivity index (χ4v) is 2.20. The lowest BCUT2D eigenvalue weighted by atomic mass is 10.1. The van der Waals surface area contributed by atoms with Crippen molar-refractivity contribution in [2.24, 2.45) is 0 Å². The molecule has 0 bridgehead atoms. The summed E-state index contributed by atoms with van der Waals surface area (Å²) < 4.78 is 15.6. The number of nitrogens with zero attached hydrogens (tertiary/aromatic N) is 1. The van der Waals surface area contributed by atoms with Crippen LogP contribution in [0.1, 0.15) is 11.1 Å². The van der Waals surface area contributed by atoms with Gasteiger partial charge in [0.1, 0.15) is 18.1 Å². The molecule has 0 aromatic heterocycles. The van der Waals surface area contributed by atoms with Crippen molar-refractivity contribution in [3.8, 4) is 17.2 Å². The maximum absolute atomic E-state index is 11.1. The van der Waals surface area contributed by atoms with Crippen molar-refractivity contribution in [3.63, 3.8) is 0 Å². The van der Waals surface area contributed by atoms with Crippen molar-refractivity contribution < 1.29 is 24.2 Å². The van der Waals surface area contributed by atoms with Gasteiger partial charge in [-0.2, -0.15) is 0 Å². The second-order valence-corrected chi connectivity index (χ2v) is 5.04. The van der Waals surface area contributed by atoms with E-state index in [4.69, 9.17) is 19.3 Å². The highest BCUT2D eigenvalue weighted by Crippen LogP contribution is 2.29. The van der Waals surface area contributed by atoms with E-state index in [2.05, 4.69) is 0 Å². The van der Waals surface area contributed by atoms with Crippen LogP contribution in [-0.4, -0.2) is 37.5 Å². The lowest BCUT2D eigenvalue weighted by Gasteiger charge is -2.08. The van der Waals surface area contributed by atoms with Crippen molar-refractivity contribution >= 4 is 17.8 Å². The van der Waals surface area contributed by atoms with Crippen LogP contribution in [0.2, 0.25) is 0 Å². The summed E-state index contributed by atoms with van der Waals surface area (Å²) in [6.45, 7) is 0.0961. The molecule has 2 aromatic rings. The smallest absolute Gasteiger partial charge is 0.311 e. The van der Waals surface area contributed by atoms with Crippen LogP contribution in [0.25, 0.3) is 12.2 Å². The highest BCUT2D eigenvalue weighted by molar-refractivity contribution is 5.72. The van der Waals surface area contributed by atoms with Crippen LogP contribution in [0, 0.1) is 10.1 Å². The average Bonchev–Trinajstić information content (AvgIpc) is 2.64. The molecule has 0 saturated carbocycles. The first-order valence-electron chi connectivity index (χ1n) is 7.50. The second kappa shape index (κ2) is 8.70. The Kier molecular flexibility index (Phi) is 6.36. The Balaban J connectivity index is 2.29. The number of methoxy groups -OCH3 is 2. The summed E-state index contributed by atoms with van der Waals surface area (Å²) in [5.74, 6) is 1.38. The molecule has 0 atom stereocenters. The van der Waals surface area contributed by atoms with E-state index in [1.807, 2.05) is 0 Å². The minimum atomic E-state index is -0.484. The van der Waals surface area contributed by atoms with Gasteiger partial charge in [0.15, 0.2) is 5.75 Å². The van der Waals surface area contributed by atoms with Crippen molar-refractivity contribution in [2.45, 2.75) is 0 Å². The fraction of sp³-hybridized carbons (Fsp3) is 0.222. The molecular weight excluding hydrogens is 326 g/mol. The molecule has 2 aromatic carbocycles. The van der Waals surface area contributed by atoms with Gasteiger partial charge in [0.05, 0.1) is 25.7 Å². The lowest BCUT2D eigenvalue weighted by molar-refractivity contribution is -0.385. The molecule has 0 aliphatic carbocycles. The van der Waals surface area contributed by atoms with Gasteiger partial charge in [-0.25, -0.2) is 0 Å². The molecule has 0 amide bonds. The van der Waals surface area contributed by atoms with Gasteiger partial charge in [0, 0.05) is 12.1 Å². The molecule has 0 heterocycles. The van der Waals surface area contributed by atoms with Crippen LogP contribution in [0.15, 0.2) is 36.4 Å². The van der Waals surface area contributed by atoms with Crippen molar-refractivity contribution in [3.05, 3.63) is 57.6 Å². The summed E-state index contributed by atoms with van der Waals surface area (Å²) in [6.07, 6.45) is 3.54. The Labute approximate surface area is 145 Å². The highest BCUT2D eigenvalue weighted by Gasteiger charge is 2.14. The summed E-state index contributed by atoms with van der Waals surface area (Å²) in [7, 11) is 2.94. The summed E-state index contributed by atoms with van der Waals surface area (Å²) in [6, 6.07) is 10.0. The van der Waals surface area contributed by atoms with Gasteiger partial charge in [0.25, 0.3) is 0 Å². The lowest BCUT2D eigenvalue weighted by Crippen LogP contribution is -2.01. The maximum Gasteiger partial charge on any atom is 0.311 e. The molecule has 0 saturated heterocycles. The third-order valence-corrected chi connectivity index (χ3v) is 3.37. The second-order valence-electron chi connectivity index (χ2n) is 5.04. The third kappa shape index (κ3) is 4.95. The Hall–Kier alpha value is -3.06. The van der Waals surface area contributed by atoms with Gasteiger partial charge in [-0.3, -0.25) is 10.1 Å². The minimum Gasteiger partial charge on any atom is -0.497 e. The average molecular weight is 345 g/mol. The number of nitro groups is 1. The van der Waals surface area contributed by atoms with Gasteiger partial charge in [-0.05, 0) is 29.3 Å². The topological polar surface area (TPSA) is 91.1 Å². The predicted octanol–water partition coefficient (Wildman–Crippen LogP) is 3.15. The van der Waals surface area contributed by atoms with Gasteiger partial charge in [0.2, 0.25) is 0 Å². The molecular formula is C18H19NO6. The number of benzene rings is 2. The van der Waals surface area contributed by atoms with E-state index in [-0.39, 0.29) is 24.7 Å². The van der Waals surface area contributed by atoms with Crippen LogP contribution >= 0.6 is 0 Å². The Morgan fingerprint density at radius 3 is 2.40 bits per heavy atom. The monoisotopic (exact) mass is 345 g/mol. The molecule has 1 N–H and O–H groups in total. The van der Waals surface area contributed by atoms with Crippen LogP contribution in [0.5, 0.6) is 17.2 Å². The number of aliphatic hydroxyl groups excluding tert-OH is 1. The standard InChI is InChI=1S/C18H19NO6/c1-23-15-9-14(10-16(12-15)25-8-7-20)4-3-13-5-6-18(24-2)17(11-13)19(21)22/h3-6,9-12,20H,7-8H2,1-2H3. The fourth-order valence-electron chi connectivity index (χ4n) is 2.20. The Morgan fingerprint density at radius 2 is 1.76 bits per heavy atom. The van der Waals surface area contributed by atoms with Crippen molar-refractivity contribution in [1.82, 2.24) is 0 Å². The molecule has 0 aliphatic heterocycles. The number of aliphatic hydroxyl groups is 1. The van der Waals surface area contributed by atoms with Crippen molar-refractivity contribution in [2.75, 3.05) is 27.4 Å². The normalized spacial score (nSPS) is 10.7. The van der Waals surface area contributed by atoms with Crippen LogP contribution in [-0.2, 0) is 0 Å². The molecule has 0 unspecified atom stereocenters. The summed E-state index contributed by atoms with van der Waals surface area (Å²) in [5.41, 5.74) is 1.36. The number of rotatable bonds is 8. The summed E-state index contributed by atoms with van der Waals surface area (Å²) in [4.78, 5) is 10.6. The molecule has 0 radical (unpaired) electrons. The van der Waals surface area contributed by atoms with Crippen molar-refractivity contribution in [1.29, 1.82) is 0 Å². The highest BCUT2D eigenvalue weighted by atomic mass is 16.6. The van der Waals surface area contributed by atoms with Gasteiger partial charge in [-0.1, -0.05) is 18.2 Å². The number of ether oxygens (including phenoxy) is 3. The quantitative estimate of drug-likeness (QED) is 0.449. The minimum absolute atomic E-state index is 0.0854. The van der Waals surface area contributed by atoms with E-state index in [9.17, 15) is 10.1 Å². The number of hydrogen-bond donors (Lipinski definition) is 1. The maximum atomic E-state index is 11.1. The molecule has 2 rings (SSSR count). The predicted molar refractivity (Wildman–Crippen MR) is 94.2 cm³/mol. The molecule has 0 fully saturated rings. The Morgan fingerprint density at radius 1 is 1.04 bits per heavy atom. The van der Waals surface area contributed by atoms with Gasteiger partial charge >= 0.3 is 5.69 Å². The van der Waals surface area contributed by atoms with Gasteiger partial charge in [-0.15, -0.1) is 0 Å². The molecule has 7 heteroatoms. The van der Waals surface area contributed by atoms with E-state index in [1.165, 1.54) is 13.2 Å². The first-order valence-corrected chi connectivity index (χ1v) is 7.50. The first kappa shape index (κ1) is 18.3. The van der Waals surface area contributed by atoms with E-state index < -0.39 is 4.92 Å². The van der Waals surface area contributed by atoms with Crippen LogP contribution in [0.4, 0.5) is 5.69 Å². The van der Waals surface area contributed by atoms with E-state index in [0.717, 1.165) is 5.56 Å². The molecule has 132 valence electrons. The third-order valence-electron chi connectivity index (χ3n) is 3.37. The van der Waals surface area contributed by atoms with E-state index in [1.54, 1.807) is 49.6 Å². The number of hydrogen-bond acceptors (Lipinski definition) is 6. The first-order chi connectivity index (χ1) is 12.1.